The lowest BCUT2D eigenvalue weighted by Crippen LogP contribution is -2.37. The van der Waals surface area contributed by atoms with Crippen molar-refractivity contribution < 1.29 is 4.74 Å². The van der Waals surface area contributed by atoms with Crippen LogP contribution in [0.15, 0.2) is 30.3 Å². The fourth-order valence-corrected chi connectivity index (χ4v) is 2.48. The molecule has 2 unspecified atom stereocenters. The Morgan fingerprint density at radius 2 is 1.71 bits per heavy atom. The number of rotatable bonds is 8. The van der Waals surface area contributed by atoms with Crippen molar-refractivity contribution in [3.63, 3.8) is 0 Å². The summed E-state index contributed by atoms with van der Waals surface area (Å²) in [7, 11) is 0. The van der Waals surface area contributed by atoms with Gasteiger partial charge in [0.2, 0.25) is 0 Å². The largest absolute Gasteiger partial charge is 0.376 e. The Morgan fingerprint density at radius 1 is 1.10 bits per heavy atom. The molecule has 21 heavy (non-hydrogen) atoms. The first-order valence-electron chi connectivity index (χ1n) is 8.25. The minimum Gasteiger partial charge on any atom is -0.376 e. The van der Waals surface area contributed by atoms with E-state index in [-0.39, 0.29) is 12.1 Å². The summed E-state index contributed by atoms with van der Waals surface area (Å²) < 4.78 is 6.29. The van der Waals surface area contributed by atoms with E-state index in [1.54, 1.807) is 0 Å². The zero-order valence-electron chi connectivity index (χ0n) is 14.6. The highest BCUT2D eigenvalue weighted by Crippen LogP contribution is 2.26. The molecule has 0 aliphatic carbocycles. The number of nitrogens with one attached hydrogen (secondary N) is 1. The van der Waals surface area contributed by atoms with Gasteiger partial charge in [-0.2, -0.15) is 0 Å². The van der Waals surface area contributed by atoms with Gasteiger partial charge in [0.25, 0.3) is 0 Å². The van der Waals surface area contributed by atoms with Crippen LogP contribution in [0, 0.1) is 11.3 Å². The van der Waals surface area contributed by atoms with Crippen LogP contribution in [0.5, 0.6) is 0 Å². The smallest absolute Gasteiger partial charge is 0.0792 e. The zero-order valence-corrected chi connectivity index (χ0v) is 14.6. The predicted octanol–water partition coefficient (Wildman–Crippen LogP) is 4.81. The van der Waals surface area contributed by atoms with Crippen molar-refractivity contribution in [2.24, 2.45) is 11.3 Å². The summed E-state index contributed by atoms with van der Waals surface area (Å²) in [5, 5.41) is 3.60. The van der Waals surface area contributed by atoms with Crippen LogP contribution in [0.1, 0.15) is 59.6 Å². The number of hydrogen-bond acceptors (Lipinski definition) is 2. The summed E-state index contributed by atoms with van der Waals surface area (Å²) in [6.07, 6.45) is 1.29. The van der Waals surface area contributed by atoms with E-state index in [9.17, 15) is 0 Å². The molecule has 2 atom stereocenters. The first-order chi connectivity index (χ1) is 9.85. The summed E-state index contributed by atoms with van der Waals surface area (Å²) in [4.78, 5) is 0. The van der Waals surface area contributed by atoms with Gasteiger partial charge >= 0.3 is 0 Å². The predicted molar refractivity (Wildman–Crippen MR) is 91.5 cm³/mol. The van der Waals surface area contributed by atoms with Gasteiger partial charge in [-0.25, -0.2) is 0 Å². The molecule has 0 amide bonds. The summed E-state index contributed by atoms with van der Waals surface area (Å²) >= 11 is 0. The van der Waals surface area contributed by atoms with Crippen LogP contribution >= 0.6 is 0 Å². The van der Waals surface area contributed by atoms with Crippen molar-refractivity contribution in [2.75, 3.05) is 13.2 Å². The van der Waals surface area contributed by atoms with Gasteiger partial charge in [0, 0.05) is 6.61 Å². The Balaban J connectivity index is 2.79. The van der Waals surface area contributed by atoms with Crippen molar-refractivity contribution in [3.05, 3.63) is 35.9 Å². The molecule has 2 heteroatoms. The summed E-state index contributed by atoms with van der Waals surface area (Å²) in [6, 6.07) is 10.9. The highest BCUT2D eigenvalue weighted by Gasteiger charge is 2.26. The quantitative estimate of drug-likeness (QED) is 0.742. The molecule has 120 valence electrons. The van der Waals surface area contributed by atoms with Crippen LogP contribution in [0.4, 0.5) is 0 Å². The standard InChI is InChI=1S/C19H33NO/c1-7-20-17(16-11-9-8-10-12-16)18(15(2)3)21-14-13-19(4,5)6/h8-12,15,17-18,20H,7,13-14H2,1-6H3. The molecule has 0 aliphatic rings. The van der Waals surface area contributed by atoms with Crippen molar-refractivity contribution in [2.45, 2.75) is 60.1 Å². The molecule has 0 fully saturated rings. The molecule has 2 nitrogen and oxygen atoms in total. The van der Waals surface area contributed by atoms with E-state index < -0.39 is 0 Å². The van der Waals surface area contributed by atoms with Crippen molar-refractivity contribution >= 4 is 0 Å². The van der Waals surface area contributed by atoms with Gasteiger partial charge in [0.05, 0.1) is 12.1 Å². The summed E-state index contributed by atoms with van der Waals surface area (Å²) in [5.74, 6) is 0.481. The van der Waals surface area contributed by atoms with Crippen LogP contribution < -0.4 is 5.32 Å². The first kappa shape index (κ1) is 18.2. The Bertz CT molecular complexity index is 380. The second-order valence-electron chi connectivity index (χ2n) is 7.34. The highest BCUT2D eigenvalue weighted by atomic mass is 16.5. The summed E-state index contributed by atoms with van der Waals surface area (Å²) in [6.45, 7) is 15.2. The van der Waals surface area contributed by atoms with Gasteiger partial charge in [-0.05, 0) is 29.9 Å². The average Bonchev–Trinajstić information content (AvgIpc) is 2.41. The van der Waals surface area contributed by atoms with E-state index in [0.29, 0.717) is 11.3 Å². The molecule has 0 aliphatic heterocycles. The SMILES string of the molecule is CCNC(c1ccccc1)C(OCCC(C)(C)C)C(C)C. The summed E-state index contributed by atoms with van der Waals surface area (Å²) in [5.41, 5.74) is 1.64. The molecule has 1 N–H and O–H groups in total. The van der Waals surface area contributed by atoms with Gasteiger partial charge in [0.1, 0.15) is 0 Å². The minimum absolute atomic E-state index is 0.203. The van der Waals surface area contributed by atoms with E-state index >= 15 is 0 Å². The maximum Gasteiger partial charge on any atom is 0.0792 e. The minimum atomic E-state index is 0.203. The molecule has 0 aromatic heterocycles. The van der Waals surface area contributed by atoms with Gasteiger partial charge in [-0.1, -0.05) is 71.9 Å². The fourth-order valence-electron chi connectivity index (χ4n) is 2.48. The van der Waals surface area contributed by atoms with Gasteiger partial charge in [0.15, 0.2) is 0 Å². The zero-order chi connectivity index (χ0) is 15.9. The van der Waals surface area contributed by atoms with E-state index in [2.05, 4.69) is 77.2 Å². The molecule has 1 rings (SSSR count). The molecule has 0 saturated heterocycles. The Hall–Kier alpha value is -0.860. The molecule has 1 aromatic rings. The third-order valence-electron chi connectivity index (χ3n) is 3.73. The lowest BCUT2D eigenvalue weighted by atomic mass is 9.91. The molecule has 0 bridgehead atoms. The number of benzene rings is 1. The molecule has 0 saturated carbocycles. The lowest BCUT2D eigenvalue weighted by Gasteiger charge is -2.32. The van der Waals surface area contributed by atoms with Gasteiger partial charge in [-0.15, -0.1) is 0 Å². The lowest BCUT2D eigenvalue weighted by molar-refractivity contribution is -0.0139. The third-order valence-corrected chi connectivity index (χ3v) is 3.73. The Morgan fingerprint density at radius 3 is 2.19 bits per heavy atom. The average molecular weight is 291 g/mol. The number of likely N-dealkylation sites (N-methyl/N-ethyl adjacent to an activating group) is 1. The number of hydrogen-bond donors (Lipinski definition) is 1. The number of ether oxygens (including phenoxy) is 1. The van der Waals surface area contributed by atoms with Crippen LogP contribution in [-0.4, -0.2) is 19.3 Å². The van der Waals surface area contributed by atoms with Crippen molar-refractivity contribution in [3.8, 4) is 0 Å². The van der Waals surface area contributed by atoms with Crippen LogP contribution in [0.25, 0.3) is 0 Å². The fraction of sp³-hybridized carbons (Fsp3) is 0.684. The van der Waals surface area contributed by atoms with Crippen LogP contribution in [0.3, 0.4) is 0 Å². The second-order valence-corrected chi connectivity index (χ2v) is 7.34. The van der Waals surface area contributed by atoms with Gasteiger partial charge in [-0.3, -0.25) is 0 Å². The normalized spacial score (nSPS) is 15.2. The second kappa shape index (κ2) is 8.55. The molecular weight excluding hydrogens is 258 g/mol. The van der Waals surface area contributed by atoms with E-state index in [4.69, 9.17) is 4.74 Å². The van der Waals surface area contributed by atoms with E-state index in [1.807, 2.05) is 0 Å². The molecule has 0 heterocycles. The molecule has 0 radical (unpaired) electrons. The van der Waals surface area contributed by atoms with E-state index in [1.165, 1.54) is 5.56 Å². The van der Waals surface area contributed by atoms with Gasteiger partial charge < -0.3 is 10.1 Å². The Labute approximate surface area is 131 Å². The molecule has 1 aromatic carbocycles. The van der Waals surface area contributed by atoms with E-state index in [0.717, 1.165) is 19.6 Å². The highest BCUT2D eigenvalue weighted by molar-refractivity contribution is 5.20. The van der Waals surface area contributed by atoms with Crippen LogP contribution in [-0.2, 0) is 4.74 Å². The maximum absolute atomic E-state index is 6.29. The molecular formula is C19H33NO. The maximum atomic E-state index is 6.29. The van der Waals surface area contributed by atoms with Crippen molar-refractivity contribution in [1.29, 1.82) is 0 Å². The monoisotopic (exact) mass is 291 g/mol. The topological polar surface area (TPSA) is 21.3 Å². The van der Waals surface area contributed by atoms with Crippen molar-refractivity contribution in [1.82, 2.24) is 5.32 Å². The van der Waals surface area contributed by atoms with Crippen LogP contribution in [0.2, 0.25) is 0 Å². The third kappa shape index (κ3) is 6.62. The molecule has 0 spiro atoms. The Kier molecular flexibility index (Phi) is 7.41. The first-order valence-corrected chi connectivity index (χ1v) is 8.25.